The maximum atomic E-state index is 12.9. The first-order valence-corrected chi connectivity index (χ1v) is 7.86. The number of anilines is 1. The molecule has 4 heteroatoms. The number of nitrogens with two attached hydrogens (primary N) is 1. The van der Waals surface area contributed by atoms with E-state index in [1.165, 1.54) is 12.8 Å². The lowest BCUT2D eigenvalue weighted by Crippen LogP contribution is -2.40. The van der Waals surface area contributed by atoms with Gasteiger partial charge < -0.3 is 10.6 Å². The lowest BCUT2D eigenvalue weighted by Gasteiger charge is -2.28. The fraction of sp³-hybridized carbons (Fsp3) is 0.588. The molecule has 0 unspecified atom stereocenters. The van der Waals surface area contributed by atoms with Gasteiger partial charge in [-0.2, -0.15) is 0 Å². The van der Waals surface area contributed by atoms with E-state index in [9.17, 15) is 4.79 Å². The van der Waals surface area contributed by atoms with Crippen molar-refractivity contribution < 1.29 is 4.79 Å². The molecule has 2 saturated carbocycles. The first-order valence-electron chi connectivity index (χ1n) is 7.86. The number of amides is 1. The summed E-state index contributed by atoms with van der Waals surface area (Å²) in [5.74, 6) is 1.53. The van der Waals surface area contributed by atoms with E-state index in [0.717, 1.165) is 31.5 Å². The van der Waals surface area contributed by atoms with Crippen molar-refractivity contribution in [2.75, 3.05) is 18.0 Å². The smallest absolute Gasteiger partial charge is 0.230 e. The van der Waals surface area contributed by atoms with Crippen LogP contribution in [0.25, 0.3) is 0 Å². The third-order valence-corrected chi connectivity index (χ3v) is 4.75. The maximum absolute atomic E-state index is 12.9. The van der Waals surface area contributed by atoms with Crippen LogP contribution >= 0.6 is 12.4 Å². The summed E-state index contributed by atoms with van der Waals surface area (Å²) in [5.41, 5.74) is 6.89. The van der Waals surface area contributed by atoms with Gasteiger partial charge in [0.2, 0.25) is 5.91 Å². The molecular weight excluding hydrogens is 284 g/mol. The minimum Gasteiger partial charge on any atom is -0.330 e. The van der Waals surface area contributed by atoms with E-state index in [-0.39, 0.29) is 18.3 Å². The Hall–Kier alpha value is -1.06. The van der Waals surface area contributed by atoms with Crippen LogP contribution in [0, 0.1) is 17.8 Å². The second-order valence-electron chi connectivity index (χ2n) is 6.26. The first kappa shape index (κ1) is 16.3. The highest BCUT2D eigenvalue weighted by Crippen LogP contribution is 2.36. The van der Waals surface area contributed by atoms with Crippen molar-refractivity contribution in [3.05, 3.63) is 30.3 Å². The van der Waals surface area contributed by atoms with E-state index in [1.807, 2.05) is 35.2 Å². The molecule has 1 aromatic carbocycles. The van der Waals surface area contributed by atoms with E-state index < -0.39 is 0 Å². The molecule has 2 N–H and O–H groups in total. The maximum Gasteiger partial charge on any atom is 0.230 e. The topological polar surface area (TPSA) is 46.3 Å². The van der Waals surface area contributed by atoms with Crippen LogP contribution in [0.1, 0.15) is 32.1 Å². The van der Waals surface area contributed by atoms with Crippen LogP contribution in [0.3, 0.4) is 0 Å². The van der Waals surface area contributed by atoms with Crippen LogP contribution in [-0.4, -0.2) is 19.0 Å². The van der Waals surface area contributed by atoms with Gasteiger partial charge in [-0.1, -0.05) is 24.6 Å². The standard InChI is InChI=1S/C17H24N2O.ClH/c18-11-14-5-4-8-16(14)17(20)19(12-13-9-10-13)15-6-2-1-3-7-15;/h1-3,6-7,13-14,16H,4-5,8-12,18H2;1H/t14-,16-;/m1./s1. The number of hydrogen-bond donors (Lipinski definition) is 1. The van der Waals surface area contributed by atoms with Gasteiger partial charge in [-0.25, -0.2) is 0 Å². The molecular formula is C17H25ClN2O. The summed E-state index contributed by atoms with van der Waals surface area (Å²) in [4.78, 5) is 15.0. The monoisotopic (exact) mass is 308 g/mol. The Labute approximate surface area is 133 Å². The van der Waals surface area contributed by atoms with Gasteiger partial charge in [0, 0.05) is 18.2 Å². The SMILES string of the molecule is Cl.NC[C@H]1CCC[C@H]1C(=O)N(CC1CC1)c1ccccc1. The molecule has 0 bridgehead atoms. The van der Waals surface area contributed by atoms with Crippen LogP contribution in [0.4, 0.5) is 5.69 Å². The zero-order valence-corrected chi connectivity index (χ0v) is 13.2. The molecule has 0 radical (unpaired) electrons. The molecule has 116 valence electrons. The number of hydrogen-bond acceptors (Lipinski definition) is 2. The number of halogens is 1. The highest BCUT2D eigenvalue weighted by atomic mass is 35.5. The Morgan fingerprint density at radius 1 is 1.14 bits per heavy atom. The zero-order valence-electron chi connectivity index (χ0n) is 12.4. The Morgan fingerprint density at radius 2 is 1.86 bits per heavy atom. The van der Waals surface area contributed by atoms with Crippen molar-refractivity contribution in [2.24, 2.45) is 23.5 Å². The second-order valence-corrected chi connectivity index (χ2v) is 6.26. The predicted octanol–water partition coefficient (Wildman–Crippen LogP) is 3.23. The van der Waals surface area contributed by atoms with E-state index in [1.54, 1.807) is 0 Å². The molecule has 2 aliphatic rings. The summed E-state index contributed by atoms with van der Waals surface area (Å²) in [6, 6.07) is 10.1. The van der Waals surface area contributed by atoms with Crippen molar-refractivity contribution >= 4 is 24.0 Å². The molecule has 0 heterocycles. The fourth-order valence-electron chi connectivity index (χ4n) is 3.33. The number of rotatable bonds is 5. The first-order chi connectivity index (χ1) is 9.79. The van der Waals surface area contributed by atoms with Gasteiger partial charge in [0.1, 0.15) is 0 Å². The quantitative estimate of drug-likeness (QED) is 0.908. The molecule has 2 aliphatic carbocycles. The van der Waals surface area contributed by atoms with E-state index in [4.69, 9.17) is 5.73 Å². The van der Waals surface area contributed by atoms with E-state index in [2.05, 4.69) is 0 Å². The Kier molecular flexibility index (Phi) is 5.65. The summed E-state index contributed by atoms with van der Waals surface area (Å²) in [7, 11) is 0. The number of nitrogens with zero attached hydrogens (tertiary/aromatic N) is 1. The highest BCUT2D eigenvalue weighted by molar-refractivity contribution is 5.95. The average molecular weight is 309 g/mol. The van der Waals surface area contributed by atoms with Crippen molar-refractivity contribution in [1.29, 1.82) is 0 Å². The number of carbonyl (C=O) groups excluding carboxylic acids is 1. The van der Waals surface area contributed by atoms with Gasteiger partial charge in [-0.3, -0.25) is 4.79 Å². The van der Waals surface area contributed by atoms with Gasteiger partial charge in [0.05, 0.1) is 0 Å². The van der Waals surface area contributed by atoms with Crippen LogP contribution in [-0.2, 0) is 4.79 Å². The molecule has 21 heavy (non-hydrogen) atoms. The Morgan fingerprint density at radius 3 is 2.48 bits per heavy atom. The highest BCUT2D eigenvalue weighted by Gasteiger charge is 2.37. The van der Waals surface area contributed by atoms with Gasteiger partial charge >= 0.3 is 0 Å². The molecule has 3 rings (SSSR count). The van der Waals surface area contributed by atoms with Crippen molar-refractivity contribution in [2.45, 2.75) is 32.1 Å². The fourth-order valence-corrected chi connectivity index (χ4v) is 3.33. The molecule has 3 nitrogen and oxygen atoms in total. The molecule has 0 aromatic heterocycles. The van der Waals surface area contributed by atoms with Crippen molar-refractivity contribution in [3.63, 3.8) is 0 Å². The molecule has 0 aliphatic heterocycles. The minimum absolute atomic E-state index is 0. The number of carbonyl (C=O) groups is 1. The predicted molar refractivity (Wildman–Crippen MR) is 88.7 cm³/mol. The summed E-state index contributed by atoms with van der Waals surface area (Å²) >= 11 is 0. The molecule has 1 amide bonds. The second kappa shape index (κ2) is 7.28. The van der Waals surface area contributed by atoms with E-state index >= 15 is 0 Å². The molecule has 0 spiro atoms. The lowest BCUT2D eigenvalue weighted by molar-refractivity contribution is -0.123. The summed E-state index contributed by atoms with van der Waals surface area (Å²) in [6.45, 7) is 1.53. The van der Waals surface area contributed by atoms with Gasteiger partial charge in [0.25, 0.3) is 0 Å². The molecule has 2 fully saturated rings. The number of benzene rings is 1. The molecule has 1 aromatic rings. The zero-order chi connectivity index (χ0) is 13.9. The molecule has 2 atom stereocenters. The van der Waals surface area contributed by atoms with Gasteiger partial charge in [-0.15, -0.1) is 12.4 Å². The van der Waals surface area contributed by atoms with Gasteiger partial charge in [-0.05, 0) is 56.2 Å². The van der Waals surface area contributed by atoms with Crippen LogP contribution in [0.2, 0.25) is 0 Å². The Bertz CT molecular complexity index is 461. The van der Waals surface area contributed by atoms with Crippen LogP contribution in [0.5, 0.6) is 0 Å². The average Bonchev–Trinajstić information content (AvgIpc) is 3.19. The number of para-hydroxylation sites is 1. The van der Waals surface area contributed by atoms with Crippen molar-refractivity contribution in [3.8, 4) is 0 Å². The normalized spacial score (nSPS) is 24.4. The lowest BCUT2D eigenvalue weighted by atomic mass is 9.94. The van der Waals surface area contributed by atoms with Crippen LogP contribution in [0.15, 0.2) is 30.3 Å². The third-order valence-electron chi connectivity index (χ3n) is 4.75. The van der Waals surface area contributed by atoms with E-state index in [0.29, 0.717) is 24.3 Å². The molecule has 0 saturated heterocycles. The summed E-state index contributed by atoms with van der Waals surface area (Å²) in [6.07, 6.45) is 5.79. The van der Waals surface area contributed by atoms with Gasteiger partial charge in [0.15, 0.2) is 0 Å². The Balaban J connectivity index is 0.00000161. The summed E-state index contributed by atoms with van der Waals surface area (Å²) < 4.78 is 0. The third kappa shape index (κ3) is 3.78. The largest absolute Gasteiger partial charge is 0.330 e. The van der Waals surface area contributed by atoms with Crippen LogP contribution < -0.4 is 10.6 Å². The summed E-state index contributed by atoms with van der Waals surface area (Å²) in [5, 5.41) is 0. The minimum atomic E-state index is 0. The van der Waals surface area contributed by atoms with Crippen molar-refractivity contribution in [1.82, 2.24) is 0 Å².